The summed E-state index contributed by atoms with van der Waals surface area (Å²) in [6.45, 7) is 0. The normalized spacial score (nSPS) is 12.0. The van der Waals surface area contributed by atoms with Gasteiger partial charge in [-0.05, 0) is 21.5 Å². The summed E-state index contributed by atoms with van der Waals surface area (Å²) < 4.78 is 0. The third kappa shape index (κ3) is 1.43. The molecule has 0 spiro atoms. The van der Waals surface area contributed by atoms with Crippen molar-refractivity contribution < 1.29 is 30.6 Å². The Morgan fingerprint density at radius 3 is 1.27 bits per heavy atom. The lowest BCUT2D eigenvalue weighted by molar-refractivity contribution is 0.365. The molecule has 0 aliphatic heterocycles. The highest BCUT2D eigenvalue weighted by Gasteiger charge is 2.28. The molecule has 0 radical (unpaired) electrons. The first-order valence-corrected chi connectivity index (χ1v) is 7.83. The first-order chi connectivity index (χ1) is 12.4. The Bertz CT molecular complexity index is 1290. The van der Waals surface area contributed by atoms with Gasteiger partial charge in [-0.2, -0.15) is 0 Å². The highest BCUT2D eigenvalue weighted by molar-refractivity contribution is 6.37. The first kappa shape index (κ1) is 14.5. The van der Waals surface area contributed by atoms with Crippen molar-refractivity contribution in [1.29, 1.82) is 0 Å². The first-order valence-electron chi connectivity index (χ1n) is 7.83. The molecule has 0 amide bonds. The molecule has 0 aromatic heterocycles. The van der Waals surface area contributed by atoms with Crippen molar-refractivity contribution in [1.82, 2.24) is 0 Å². The molecule has 0 aliphatic carbocycles. The molecule has 0 unspecified atom stereocenters. The van der Waals surface area contributed by atoms with Crippen LogP contribution in [0.4, 0.5) is 0 Å². The number of benzene rings is 5. The van der Waals surface area contributed by atoms with Crippen molar-refractivity contribution >= 4 is 43.1 Å². The van der Waals surface area contributed by atoms with E-state index in [0.29, 0.717) is 16.2 Å². The molecule has 0 bridgehead atoms. The van der Waals surface area contributed by atoms with Crippen LogP contribution < -0.4 is 0 Å². The zero-order chi connectivity index (χ0) is 18.3. The fourth-order valence-corrected chi connectivity index (χ4v) is 3.94. The molecule has 5 rings (SSSR count). The Balaban J connectivity index is 2.36. The van der Waals surface area contributed by atoms with E-state index >= 15 is 0 Å². The van der Waals surface area contributed by atoms with Crippen LogP contribution in [0.5, 0.6) is 34.5 Å². The summed E-state index contributed by atoms with van der Waals surface area (Å²) >= 11 is 0. The van der Waals surface area contributed by atoms with Crippen LogP contribution in [-0.2, 0) is 0 Å². The van der Waals surface area contributed by atoms with Gasteiger partial charge in [0.05, 0.1) is 5.39 Å². The average molecular weight is 348 g/mol. The van der Waals surface area contributed by atoms with E-state index < -0.39 is 34.5 Å². The Labute approximate surface area is 145 Å². The second-order valence-corrected chi connectivity index (χ2v) is 6.30. The number of phenols is 6. The Kier molecular flexibility index (Phi) is 2.48. The van der Waals surface area contributed by atoms with Gasteiger partial charge >= 0.3 is 0 Å². The Hall–Kier alpha value is -3.80. The highest BCUT2D eigenvalue weighted by atomic mass is 16.3. The third-order valence-electron chi connectivity index (χ3n) is 5.04. The van der Waals surface area contributed by atoms with Crippen LogP contribution in [0.1, 0.15) is 0 Å². The van der Waals surface area contributed by atoms with Crippen LogP contribution in [0.25, 0.3) is 43.1 Å². The van der Waals surface area contributed by atoms with Crippen LogP contribution in [0.3, 0.4) is 0 Å². The van der Waals surface area contributed by atoms with Crippen molar-refractivity contribution in [2.75, 3.05) is 0 Å². The van der Waals surface area contributed by atoms with E-state index in [4.69, 9.17) is 0 Å². The molecule has 6 heteroatoms. The zero-order valence-corrected chi connectivity index (χ0v) is 13.1. The molecular formula is C20H12O6. The van der Waals surface area contributed by atoms with Gasteiger partial charge in [0.1, 0.15) is 0 Å². The number of rotatable bonds is 0. The monoisotopic (exact) mass is 348 g/mol. The molecule has 5 aromatic carbocycles. The van der Waals surface area contributed by atoms with E-state index in [9.17, 15) is 30.6 Å². The molecule has 0 aliphatic rings. The fourth-order valence-electron chi connectivity index (χ4n) is 3.94. The van der Waals surface area contributed by atoms with E-state index in [1.807, 2.05) is 12.1 Å². The predicted molar refractivity (Wildman–Crippen MR) is 97.6 cm³/mol. The third-order valence-corrected chi connectivity index (χ3v) is 5.04. The number of aromatic hydroxyl groups is 6. The maximum Gasteiger partial charge on any atom is 0.201 e. The Morgan fingerprint density at radius 2 is 0.808 bits per heavy atom. The molecule has 5 aromatic rings. The summed E-state index contributed by atoms with van der Waals surface area (Å²) in [5, 5.41) is 64.9. The fraction of sp³-hybridized carbons (Fsp3) is 0. The zero-order valence-electron chi connectivity index (χ0n) is 13.1. The van der Waals surface area contributed by atoms with Crippen molar-refractivity contribution in [3.8, 4) is 34.5 Å². The second kappa shape index (κ2) is 4.43. The van der Waals surface area contributed by atoms with Gasteiger partial charge in [0.15, 0.2) is 23.0 Å². The number of fused-ring (bicyclic) bond motifs is 2. The molecule has 0 saturated heterocycles. The molecule has 128 valence electrons. The van der Waals surface area contributed by atoms with Gasteiger partial charge in [-0.3, -0.25) is 0 Å². The quantitative estimate of drug-likeness (QED) is 0.143. The van der Waals surface area contributed by atoms with Crippen molar-refractivity contribution in [2.24, 2.45) is 0 Å². The van der Waals surface area contributed by atoms with Crippen molar-refractivity contribution in [3.63, 3.8) is 0 Å². The van der Waals surface area contributed by atoms with E-state index in [1.165, 1.54) is 0 Å². The van der Waals surface area contributed by atoms with Crippen LogP contribution in [0.2, 0.25) is 0 Å². The van der Waals surface area contributed by atoms with E-state index in [-0.39, 0.29) is 21.5 Å². The Morgan fingerprint density at radius 1 is 0.385 bits per heavy atom. The van der Waals surface area contributed by atoms with E-state index in [0.717, 1.165) is 5.39 Å². The minimum atomic E-state index is -0.810. The molecule has 6 nitrogen and oxygen atoms in total. The molecular weight excluding hydrogens is 336 g/mol. The smallest absolute Gasteiger partial charge is 0.201 e. The summed E-state index contributed by atoms with van der Waals surface area (Å²) in [7, 11) is 0. The van der Waals surface area contributed by atoms with E-state index in [1.54, 1.807) is 24.3 Å². The SMILES string of the molecule is Oc1c(O)c2c(O)c(O)c(O)c3c4cccc5cccc(c(c1O)c23)c54. The minimum Gasteiger partial charge on any atom is -0.504 e. The lowest BCUT2D eigenvalue weighted by atomic mass is 9.87. The summed E-state index contributed by atoms with van der Waals surface area (Å²) in [5.41, 5.74) is 0. The molecule has 6 N–H and O–H groups in total. The lowest BCUT2D eigenvalue weighted by Crippen LogP contribution is -1.90. The van der Waals surface area contributed by atoms with Gasteiger partial charge in [-0.25, -0.2) is 0 Å². The number of phenolic OH excluding ortho intramolecular Hbond substituents is 6. The lowest BCUT2D eigenvalue weighted by Gasteiger charge is -2.19. The minimum absolute atomic E-state index is 0.150. The van der Waals surface area contributed by atoms with Crippen LogP contribution in [0, 0.1) is 0 Å². The van der Waals surface area contributed by atoms with Crippen molar-refractivity contribution in [2.45, 2.75) is 0 Å². The van der Waals surface area contributed by atoms with Crippen LogP contribution in [0.15, 0.2) is 36.4 Å². The van der Waals surface area contributed by atoms with Gasteiger partial charge in [-0.1, -0.05) is 36.4 Å². The number of hydrogen-bond donors (Lipinski definition) is 6. The van der Waals surface area contributed by atoms with E-state index in [2.05, 4.69) is 0 Å². The molecule has 0 heterocycles. The molecule has 0 fully saturated rings. The van der Waals surface area contributed by atoms with Gasteiger partial charge < -0.3 is 30.6 Å². The van der Waals surface area contributed by atoms with Gasteiger partial charge in [0.25, 0.3) is 0 Å². The van der Waals surface area contributed by atoms with Crippen LogP contribution in [-0.4, -0.2) is 30.6 Å². The molecule has 0 atom stereocenters. The summed E-state index contributed by atoms with van der Waals surface area (Å²) in [6, 6.07) is 10.8. The van der Waals surface area contributed by atoms with Crippen LogP contribution >= 0.6 is 0 Å². The summed E-state index contributed by atoms with van der Waals surface area (Å²) in [5.74, 6) is -4.31. The summed E-state index contributed by atoms with van der Waals surface area (Å²) in [6.07, 6.45) is 0. The second-order valence-electron chi connectivity index (χ2n) is 6.30. The van der Waals surface area contributed by atoms with Gasteiger partial charge in [-0.15, -0.1) is 0 Å². The molecule has 0 saturated carbocycles. The van der Waals surface area contributed by atoms with Gasteiger partial charge in [0, 0.05) is 16.2 Å². The standard InChI is InChI=1S/C20H12O6/c21-15-11-8-5-1-3-7-4-2-6-9(10(7)8)12-13(11)14(17(23)19(15)25)18(24)20(26)16(12)22/h1-6,21-26H. The maximum atomic E-state index is 10.5. The average Bonchev–Trinajstić information content (AvgIpc) is 2.64. The predicted octanol–water partition coefficient (Wildman–Crippen LogP) is 3.97. The van der Waals surface area contributed by atoms with Gasteiger partial charge in [0.2, 0.25) is 11.5 Å². The van der Waals surface area contributed by atoms with Crippen molar-refractivity contribution in [3.05, 3.63) is 36.4 Å². The maximum absolute atomic E-state index is 10.5. The topological polar surface area (TPSA) is 121 Å². The number of hydrogen-bond acceptors (Lipinski definition) is 6. The summed E-state index contributed by atoms with van der Waals surface area (Å²) in [4.78, 5) is 0. The largest absolute Gasteiger partial charge is 0.504 e. The highest BCUT2D eigenvalue weighted by Crippen LogP contribution is 2.58. The molecule has 26 heavy (non-hydrogen) atoms.